The van der Waals surface area contributed by atoms with Crippen molar-refractivity contribution < 1.29 is 69.3 Å². The molecule has 2 aromatic carbocycles. The van der Waals surface area contributed by atoms with Gasteiger partial charge in [0.1, 0.15) is 88.9 Å². The summed E-state index contributed by atoms with van der Waals surface area (Å²) in [6.45, 7) is -1.57. The minimum atomic E-state index is -1.93. The number of benzene rings is 2. The van der Waals surface area contributed by atoms with Gasteiger partial charge in [-0.3, -0.25) is 4.79 Å². The van der Waals surface area contributed by atoms with Crippen molar-refractivity contribution in [2.24, 2.45) is 0 Å². The van der Waals surface area contributed by atoms with Crippen molar-refractivity contribution in [1.82, 2.24) is 0 Å². The molecule has 10 atom stereocenters. The summed E-state index contributed by atoms with van der Waals surface area (Å²) >= 11 is 0. The molecule has 1 aromatic heterocycles. The molecule has 9 N–H and O–H groups in total. The molecule has 3 heterocycles. The molecular formula is C28H32O15. The van der Waals surface area contributed by atoms with Gasteiger partial charge in [0.05, 0.1) is 25.9 Å². The van der Waals surface area contributed by atoms with Crippen LogP contribution >= 0.6 is 0 Å². The molecule has 0 aliphatic carbocycles. The predicted octanol–water partition coefficient (Wildman–Crippen LogP) is -2.13. The van der Waals surface area contributed by atoms with Gasteiger partial charge in [-0.2, -0.15) is 0 Å². The molecule has 3 aromatic rings. The molecule has 0 saturated carbocycles. The molecule has 0 radical (unpaired) electrons. The summed E-state index contributed by atoms with van der Waals surface area (Å²) in [5.74, 6) is -0.631. The van der Waals surface area contributed by atoms with E-state index >= 15 is 0 Å². The van der Waals surface area contributed by atoms with Crippen LogP contribution in [0.25, 0.3) is 22.3 Å². The molecule has 2 fully saturated rings. The second kappa shape index (κ2) is 12.3. The van der Waals surface area contributed by atoms with E-state index in [2.05, 4.69) is 0 Å². The van der Waals surface area contributed by atoms with Crippen molar-refractivity contribution in [3.05, 3.63) is 52.2 Å². The number of rotatable bonds is 7. The van der Waals surface area contributed by atoms with Gasteiger partial charge in [0.25, 0.3) is 0 Å². The molecule has 0 amide bonds. The Balaban J connectivity index is 1.68. The highest BCUT2D eigenvalue weighted by Gasteiger charge is 2.48. The van der Waals surface area contributed by atoms with Crippen LogP contribution in [-0.2, 0) is 9.47 Å². The maximum absolute atomic E-state index is 13.3. The van der Waals surface area contributed by atoms with Crippen molar-refractivity contribution in [2.75, 3.05) is 20.3 Å². The van der Waals surface area contributed by atoms with E-state index in [0.717, 1.165) is 12.1 Å². The van der Waals surface area contributed by atoms with Gasteiger partial charge < -0.3 is 69.3 Å². The summed E-state index contributed by atoms with van der Waals surface area (Å²) in [7, 11) is 1.48. The molecule has 234 valence electrons. The summed E-state index contributed by atoms with van der Waals surface area (Å²) in [6.07, 6.45) is -17.3. The van der Waals surface area contributed by atoms with Crippen LogP contribution < -0.4 is 14.9 Å². The SMILES string of the molecule is COc1ccc(-c2cc(=O)c3c(O)c([C@@H]4O[C@H](CO)[C@H](O)[C@H](O)[C@H]4O)c(O[C@@H]4O[C@H](CO)[C@@H](O)[C@H](O)[C@H]4O)cc3o2)cc1. The van der Waals surface area contributed by atoms with Gasteiger partial charge in [0.15, 0.2) is 5.43 Å². The van der Waals surface area contributed by atoms with E-state index in [0.29, 0.717) is 11.3 Å². The van der Waals surface area contributed by atoms with Crippen LogP contribution in [0.3, 0.4) is 0 Å². The lowest BCUT2D eigenvalue weighted by molar-refractivity contribution is -0.278. The number of methoxy groups -OCH3 is 1. The largest absolute Gasteiger partial charge is 0.506 e. The average Bonchev–Trinajstić information content (AvgIpc) is 3.00. The van der Waals surface area contributed by atoms with Crippen molar-refractivity contribution in [3.63, 3.8) is 0 Å². The summed E-state index contributed by atoms with van der Waals surface area (Å²) in [6, 6.07) is 8.73. The van der Waals surface area contributed by atoms with Crippen LogP contribution in [0, 0.1) is 0 Å². The van der Waals surface area contributed by atoms with Crippen molar-refractivity contribution in [1.29, 1.82) is 0 Å². The highest BCUT2D eigenvalue weighted by atomic mass is 16.7. The van der Waals surface area contributed by atoms with E-state index in [9.17, 15) is 50.8 Å². The predicted molar refractivity (Wildman–Crippen MR) is 143 cm³/mol. The summed E-state index contributed by atoms with van der Waals surface area (Å²) in [5.41, 5.74) is -0.946. The highest BCUT2D eigenvalue weighted by molar-refractivity contribution is 5.88. The van der Waals surface area contributed by atoms with Gasteiger partial charge in [-0.25, -0.2) is 0 Å². The zero-order valence-electron chi connectivity index (χ0n) is 22.6. The monoisotopic (exact) mass is 608 g/mol. The first-order chi connectivity index (χ1) is 20.5. The number of fused-ring (bicyclic) bond motifs is 1. The minimum Gasteiger partial charge on any atom is -0.506 e. The van der Waals surface area contributed by atoms with Crippen LogP contribution in [-0.4, -0.2) is 121 Å². The van der Waals surface area contributed by atoms with Crippen LogP contribution in [0.2, 0.25) is 0 Å². The number of aromatic hydroxyl groups is 1. The Hall–Kier alpha value is -3.35. The molecule has 0 unspecified atom stereocenters. The van der Waals surface area contributed by atoms with Crippen LogP contribution in [0.4, 0.5) is 0 Å². The first-order valence-corrected chi connectivity index (χ1v) is 13.3. The summed E-state index contributed by atoms with van der Waals surface area (Å²) < 4.78 is 27.9. The first-order valence-electron chi connectivity index (χ1n) is 13.3. The normalized spacial score (nSPS) is 33.0. The Morgan fingerprint density at radius 2 is 1.40 bits per heavy atom. The Morgan fingerprint density at radius 1 is 0.791 bits per heavy atom. The van der Waals surface area contributed by atoms with Gasteiger partial charge >= 0.3 is 0 Å². The van der Waals surface area contributed by atoms with E-state index in [1.54, 1.807) is 24.3 Å². The Kier molecular flexibility index (Phi) is 8.92. The second-order valence-corrected chi connectivity index (χ2v) is 10.3. The topological polar surface area (TPSA) is 249 Å². The fourth-order valence-electron chi connectivity index (χ4n) is 5.19. The van der Waals surface area contributed by atoms with E-state index in [4.69, 9.17) is 23.4 Å². The lowest BCUT2D eigenvalue weighted by atomic mass is 9.89. The lowest BCUT2D eigenvalue weighted by Gasteiger charge is -2.42. The Morgan fingerprint density at radius 3 is 2.00 bits per heavy atom. The number of phenolic OH excluding ortho intramolecular Hbond substituents is 1. The lowest BCUT2D eigenvalue weighted by Crippen LogP contribution is -2.60. The molecule has 2 aliphatic heterocycles. The van der Waals surface area contributed by atoms with Crippen LogP contribution in [0.1, 0.15) is 11.7 Å². The van der Waals surface area contributed by atoms with Crippen molar-refractivity contribution in [3.8, 4) is 28.6 Å². The van der Waals surface area contributed by atoms with Gasteiger partial charge in [-0.15, -0.1) is 0 Å². The molecule has 43 heavy (non-hydrogen) atoms. The second-order valence-electron chi connectivity index (χ2n) is 10.3. The highest BCUT2D eigenvalue weighted by Crippen LogP contribution is 2.46. The molecule has 2 saturated heterocycles. The summed E-state index contributed by atoms with van der Waals surface area (Å²) in [5, 5.41) is 92.8. The third kappa shape index (κ3) is 5.56. The maximum Gasteiger partial charge on any atom is 0.229 e. The van der Waals surface area contributed by atoms with E-state index in [1.807, 2.05) is 0 Å². The smallest absolute Gasteiger partial charge is 0.229 e. The molecule has 15 heteroatoms. The van der Waals surface area contributed by atoms with E-state index in [-0.39, 0.29) is 16.7 Å². The zero-order chi connectivity index (χ0) is 31.2. The Labute approximate surface area is 242 Å². The minimum absolute atomic E-state index is 0.0823. The molecular weight excluding hydrogens is 576 g/mol. The number of ether oxygens (including phenoxy) is 4. The van der Waals surface area contributed by atoms with Crippen LogP contribution in [0.15, 0.2) is 45.6 Å². The number of aliphatic hydroxyl groups excluding tert-OH is 8. The van der Waals surface area contributed by atoms with Gasteiger partial charge in [-0.05, 0) is 24.3 Å². The van der Waals surface area contributed by atoms with Gasteiger partial charge in [0, 0.05) is 17.7 Å². The third-order valence-electron chi connectivity index (χ3n) is 7.64. The van der Waals surface area contributed by atoms with Crippen molar-refractivity contribution in [2.45, 2.75) is 61.2 Å². The Bertz CT molecular complexity index is 1490. The fourth-order valence-corrected chi connectivity index (χ4v) is 5.19. The number of hydrogen-bond acceptors (Lipinski definition) is 15. The quantitative estimate of drug-likeness (QED) is 0.139. The fraction of sp³-hybridized carbons (Fsp3) is 0.464. The van der Waals surface area contributed by atoms with Gasteiger partial charge in [0.2, 0.25) is 6.29 Å². The summed E-state index contributed by atoms with van der Waals surface area (Å²) in [4.78, 5) is 13.3. The standard InChI is InChI=1S/C28H32O15/c1-39-11-4-2-10(3-5-11)13-6-12(31)18-14(40-13)7-15(42-28-26(38)24(36)21(33)17(9-30)43-28)19(22(18)34)27-25(37)23(35)20(32)16(8-29)41-27/h2-7,16-17,20-21,23-30,32-38H,8-9H2,1H3/t16-,17-,20+,21-,23+,24+,25-,26-,27+,28-/m1/s1. The number of hydrogen-bond donors (Lipinski definition) is 9. The maximum atomic E-state index is 13.3. The van der Waals surface area contributed by atoms with E-state index in [1.165, 1.54) is 7.11 Å². The third-order valence-corrected chi connectivity index (χ3v) is 7.64. The molecule has 5 rings (SSSR count). The number of phenols is 1. The van der Waals surface area contributed by atoms with Crippen LogP contribution in [0.5, 0.6) is 17.2 Å². The molecule has 15 nitrogen and oxygen atoms in total. The molecule has 2 aliphatic rings. The molecule has 0 spiro atoms. The first kappa shape index (κ1) is 31.1. The van der Waals surface area contributed by atoms with Crippen molar-refractivity contribution >= 4 is 11.0 Å². The number of aliphatic hydroxyl groups is 8. The molecule has 0 bridgehead atoms. The zero-order valence-corrected chi connectivity index (χ0v) is 22.6. The van der Waals surface area contributed by atoms with Gasteiger partial charge in [-0.1, -0.05) is 0 Å². The van der Waals surface area contributed by atoms with E-state index < -0.39 is 96.9 Å². The average molecular weight is 609 g/mol.